The highest BCUT2D eigenvalue weighted by molar-refractivity contribution is 6.30. The first-order chi connectivity index (χ1) is 13.3. The monoisotopic (exact) mass is 397 g/mol. The summed E-state index contributed by atoms with van der Waals surface area (Å²) in [5.41, 5.74) is 4.10. The third kappa shape index (κ3) is 4.54. The van der Waals surface area contributed by atoms with E-state index in [1.54, 1.807) is 18.3 Å². The summed E-state index contributed by atoms with van der Waals surface area (Å²) in [6.07, 6.45) is 3.56. The minimum absolute atomic E-state index is 0.0702. The maximum absolute atomic E-state index is 12.7. The molecule has 1 atom stereocenters. The molecular formula is C22H24ClN3O2. The Balaban J connectivity index is 1.77. The van der Waals surface area contributed by atoms with Crippen molar-refractivity contribution in [2.75, 3.05) is 6.61 Å². The number of aromatic nitrogens is 2. The fourth-order valence-corrected chi connectivity index (χ4v) is 3.47. The van der Waals surface area contributed by atoms with Gasteiger partial charge in [-0.25, -0.2) is 4.98 Å². The van der Waals surface area contributed by atoms with Gasteiger partial charge in [0.2, 0.25) is 0 Å². The van der Waals surface area contributed by atoms with Gasteiger partial charge in [-0.1, -0.05) is 41.4 Å². The largest absolute Gasteiger partial charge is 0.483 e. The van der Waals surface area contributed by atoms with Crippen LogP contribution in [-0.2, 0) is 11.8 Å². The SMILES string of the molecule is Cc1cc(C)c(OCC(=O)NC(c2ccc(Cl)cc2)c2nccn2C)c(C)c1. The van der Waals surface area contributed by atoms with Crippen LogP contribution >= 0.6 is 11.6 Å². The standard InChI is InChI=1S/C22H24ClN3O2/c1-14-11-15(2)21(16(3)12-14)28-13-19(27)25-20(22-24-9-10-26(22)4)17-5-7-18(23)8-6-17/h5-12,20H,13H2,1-4H3,(H,25,27). The molecule has 0 saturated carbocycles. The quantitative estimate of drug-likeness (QED) is 0.675. The van der Waals surface area contributed by atoms with Crippen LogP contribution in [0.15, 0.2) is 48.8 Å². The summed E-state index contributed by atoms with van der Waals surface area (Å²) in [5, 5.41) is 3.67. The summed E-state index contributed by atoms with van der Waals surface area (Å²) in [6, 6.07) is 11.1. The number of nitrogens with one attached hydrogen (secondary N) is 1. The van der Waals surface area contributed by atoms with Crippen molar-refractivity contribution < 1.29 is 9.53 Å². The molecule has 0 radical (unpaired) electrons. The van der Waals surface area contributed by atoms with Crippen molar-refractivity contribution in [1.29, 1.82) is 0 Å². The van der Waals surface area contributed by atoms with E-state index in [0.29, 0.717) is 5.02 Å². The smallest absolute Gasteiger partial charge is 0.258 e. The second-order valence-corrected chi connectivity index (χ2v) is 7.40. The summed E-state index contributed by atoms with van der Waals surface area (Å²) in [6.45, 7) is 5.94. The van der Waals surface area contributed by atoms with Gasteiger partial charge in [0.1, 0.15) is 17.6 Å². The summed E-state index contributed by atoms with van der Waals surface area (Å²) < 4.78 is 7.71. The molecule has 0 aliphatic carbocycles. The van der Waals surface area contributed by atoms with Crippen molar-refractivity contribution in [2.45, 2.75) is 26.8 Å². The van der Waals surface area contributed by atoms with Gasteiger partial charge in [-0.2, -0.15) is 0 Å². The van der Waals surface area contributed by atoms with Crippen LogP contribution in [0.3, 0.4) is 0 Å². The van der Waals surface area contributed by atoms with E-state index in [4.69, 9.17) is 16.3 Å². The first kappa shape index (κ1) is 20.0. The molecule has 2 aromatic carbocycles. The van der Waals surface area contributed by atoms with Crippen molar-refractivity contribution >= 4 is 17.5 Å². The van der Waals surface area contributed by atoms with E-state index < -0.39 is 6.04 Å². The highest BCUT2D eigenvalue weighted by Crippen LogP contribution is 2.25. The van der Waals surface area contributed by atoms with E-state index in [2.05, 4.69) is 10.3 Å². The molecule has 28 heavy (non-hydrogen) atoms. The Bertz CT molecular complexity index is 957. The molecule has 5 nitrogen and oxygen atoms in total. The van der Waals surface area contributed by atoms with Crippen molar-refractivity contribution in [3.05, 3.63) is 81.9 Å². The number of nitrogens with zero attached hydrogens (tertiary/aromatic N) is 2. The summed E-state index contributed by atoms with van der Waals surface area (Å²) in [5.74, 6) is 1.27. The minimum atomic E-state index is -0.395. The average Bonchev–Trinajstić information content (AvgIpc) is 3.05. The zero-order valence-electron chi connectivity index (χ0n) is 16.5. The van der Waals surface area contributed by atoms with Crippen LogP contribution in [0.25, 0.3) is 0 Å². The zero-order chi connectivity index (χ0) is 20.3. The van der Waals surface area contributed by atoms with Crippen LogP contribution in [0.4, 0.5) is 0 Å². The molecule has 146 valence electrons. The Morgan fingerprint density at radius 3 is 2.39 bits per heavy atom. The van der Waals surface area contributed by atoms with Gasteiger partial charge >= 0.3 is 0 Å². The van der Waals surface area contributed by atoms with Crippen molar-refractivity contribution in [2.24, 2.45) is 7.05 Å². The van der Waals surface area contributed by atoms with Crippen LogP contribution in [0, 0.1) is 20.8 Å². The third-order valence-electron chi connectivity index (χ3n) is 4.58. The van der Waals surface area contributed by atoms with E-state index in [9.17, 15) is 4.79 Å². The van der Waals surface area contributed by atoms with Crippen LogP contribution < -0.4 is 10.1 Å². The lowest BCUT2D eigenvalue weighted by molar-refractivity contribution is -0.123. The van der Waals surface area contributed by atoms with Gasteiger partial charge < -0.3 is 14.6 Å². The molecule has 0 aliphatic heterocycles. The summed E-state index contributed by atoms with van der Waals surface area (Å²) in [7, 11) is 1.90. The van der Waals surface area contributed by atoms with Crippen LogP contribution in [0.5, 0.6) is 5.75 Å². The number of rotatable bonds is 6. The van der Waals surface area contributed by atoms with E-state index in [1.807, 2.05) is 62.8 Å². The number of carbonyl (C=O) groups is 1. The van der Waals surface area contributed by atoms with Gasteiger partial charge in [-0.15, -0.1) is 0 Å². The molecule has 0 aliphatic rings. The molecule has 0 bridgehead atoms. The number of amides is 1. The van der Waals surface area contributed by atoms with E-state index in [-0.39, 0.29) is 12.5 Å². The average molecular weight is 398 g/mol. The van der Waals surface area contributed by atoms with Crippen molar-refractivity contribution in [3.63, 3.8) is 0 Å². The van der Waals surface area contributed by atoms with Crippen LogP contribution in [-0.4, -0.2) is 22.1 Å². The molecule has 3 aromatic rings. The number of halogens is 1. The molecule has 0 fully saturated rings. The van der Waals surface area contributed by atoms with E-state index in [0.717, 1.165) is 28.3 Å². The van der Waals surface area contributed by atoms with Gasteiger partial charge in [0.25, 0.3) is 5.91 Å². The predicted octanol–water partition coefficient (Wildman–Crippen LogP) is 4.28. The summed E-state index contributed by atoms with van der Waals surface area (Å²) >= 11 is 6.01. The first-order valence-electron chi connectivity index (χ1n) is 9.08. The predicted molar refractivity (Wildman–Crippen MR) is 111 cm³/mol. The van der Waals surface area contributed by atoms with Gasteiger partial charge in [-0.3, -0.25) is 4.79 Å². The van der Waals surface area contributed by atoms with E-state index in [1.165, 1.54) is 5.56 Å². The van der Waals surface area contributed by atoms with Crippen molar-refractivity contribution in [1.82, 2.24) is 14.9 Å². The molecule has 1 amide bonds. The number of hydrogen-bond donors (Lipinski definition) is 1. The number of hydrogen-bond acceptors (Lipinski definition) is 3. The Labute approximate surface area is 170 Å². The fourth-order valence-electron chi connectivity index (χ4n) is 3.34. The Kier molecular flexibility index (Phi) is 6.05. The van der Waals surface area contributed by atoms with E-state index >= 15 is 0 Å². The zero-order valence-corrected chi connectivity index (χ0v) is 17.2. The Morgan fingerprint density at radius 1 is 1.18 bits per heavy atom. The molecule has 0 spiro atoms. The number of ether oxygens (including phenoxy) is 1. The molecular weight excluding hydrogens is 374 g/mol. The van der Waals surface area contributed by atoms with Gasteiger partial charge in [0, 0.05) is 24.5 Å². The highest BCUT2D eigenvalue weighted by atomic mass is 35.5. The number of imidazole rings is 1. The maximum Gasteiger partial charge on any atom is 0.258 e. The highest BCUT2D eigenvalue weighted by Gasteiger charge is 2.21. The lowest BCUT2D eigenvalue weighted by Crippen LogP contribution is -2.34. The molecule has 1 unspecified atom stereocenters. The summed E-state index contributed by atoms with van der Waals surface area (Å²) in [4.78, 5) is 17.1. The van der Waals surface area contributed by atoms with Gasteiger partial charge in [-0.05, 0) is 49.6 Å². The maximum atomic E-state index is 12.7. The number of benzene rings is 2. The first-order valence-corrected chi connectivity index (χ1v) is 9.45. The molecule has 6 heteroatoms. The second kappa shape index (κ2) is 8.48. The van der Waals surface area contributed by atoms with Crippen LogP contribution in [0.2, 0.25) is 5.02 Å². The normalized spacial score (nSPS) is 11.9. The lowest BCUT2D eigenvalue weighted by atomic mass is 10.1. The lowest BCUT2D eigenvalue weighted by Gasteiger charge is -2.20. The molecule has 3 rings (SSSR count). The van der Waals surface area contributed by atoms with Gasteiger partial charge in [0.15, 0.2) is 6.61 Å². The molecule has 1 aromatic heterocycles. The van der Waals surface area contributed by atoms with Gasteiger partial charge in [0.05, 0.1) is 0 Å². The second-order valence-electron chi connectivity index (χ2n) is 6.96. The van der Waals surface area contributed by atoms with Crippen molar-refractivity contribution in [3.8, 4) is 5.75 Å². The number of aryl methyl sites for hydroxylation is 4. The topological polar surface area (TPSA) is 56.1 Å². The Hall–Kier alpha value is -2.79. The molecule has 1 heterocycles. The Morgan fingerprint density at radius 2 is 1.82 bits per heavy atom. The molecule has 1 N–H and O–H groups in total. The number of carbonyl (C=O) groups excluding carboxylic acids is 1. The van der Waals surface area contributed by atoms with Crippen LogP contribution in [0.1, 0.15) is 34.1 Å². The third-order valence-corrected chi connectivity index (χ3v) is 4.83. The molecule has 0 saturated heterocycles. The minimum Gasteiger partial charge on any atom is -0.483 e. The fraction of sp³-hybridized carbons (Fsp3) is 0.273.